The summed E-state index contributed by atoms with van der Waals surface area (Å²) in [5.74, 6) is -1.54. The van der Waals surface area contributed by atoms with Gasteiger partial charge in [-0.1, -0.05) is 28.1 Å². The number of carbonyl (C=O) groups is 3. The molecule has 0 radical (unpaired) electrons. The number of carbonyl (C=O) groups excluding carboxylic acids is 3. The van der Waals surface area contributed by atoms with Gasteiger partial charge in [0, 0.05) is 10.2 Å². The van der Waals surface area contributed by atoms with E-state index in [0.29, 0.717) is 37.8 Å². The molecule has 1 unspecified atom stereocenters. The minimum Gasteiger partial charge on any atom is -0.465 e. The Labute approximate surface area is 219 Å². The molecule has 1 aromatic heterocycles. The van der Waals surface area contributed by atoms with E-state index < -0.39 is 23.9 Å². The largest absolute Gasteiger partial charge is 0.465 e. The number of rotatable bonds is 5. The summed E-state index contributed by atoms with van der Waals surface area (Å²) in [6.07, 6.45) is 0. The molecule has 8 nitrogen and oxygen atoms in total. The van der Waals surface area contributed by atoms with Crippen LogP contribution >= 0.6 is 15.9 Å². The van der Waals surface area contributed by atoms with E-state index in [4.69, 9.17) is 13.9 Å². The first-order chi connectivity index (χ1) is 17.8. The SMILES string of the molecule is CCOC(=O)c1ccc(N2C(=O)c3oc4ccc(Br)cc4c(=O)c3C2c2ccc(C(=O)OC)cc2)cc1. The standard InChI is InChI=1S/C28H20BrNO7/c1-3-36-28(34)17-8-11-19(12-9-17)30-23(15-4-6-16(7-5-15)27(33)35-2)22-24(31)20-14-18(29)10-13-21(20)37-25(22)26(30)32/h4-14,23H,3H2,1-2H3. The van der Waals surface area contributed by atoms with Gasteiger partial charge in [-0.3, -0.25) is 14.5 Å². The van der Waals surface area contributed by atoms with Crippen LogP contribution in [-0.4, -0.2) is 31.6 Å². The molecule has 0 N–H and O–H groups in total. The number of ether oxygens (including phenoxy) is 2. The van der Waals surface area contributed by atoms with E-state index in [1.807, 2.05) is 0 Å². The van der Waals surface area contributed by atoms with Crippen molar-refractivity contribution in [3.8, 4) is 0 Å². The molecule has 1 atom stereocenters. The summed E-state index contributed by atoms with van der Waals surface area (Å²) in [5.41, 5.74) is 1.86. The van der Waals surface area contributed by atoms with Gasteiger partial charge in [0.15, 0.2) is 5.43 Å². The van der Waals surface area contributed by atoms with Crippen LogP contribution in [0.4, 0.5) is 5.69 Å². The van der Waals surface area contributed by atoms with Crippen molar-refractivity contribution >= 4 is 50.4 Å². The number of benzene rings is 3. The fourth-order valence-electron chi connectivity index (χ4n) is 4.42. The summed E-state index contributed by atoms with van der Waals surface area (Å²) < 4.78 is 16.5. The second-order valence-electron chi connectivity index (χ2n) is 8.27. The van der Waals surface area contributed by atoms with Crippen LogP contribution in [-0.2, 0) is 9.47 Å². The van der Waals surface area contributed by atoms with Crippen molar-refractivity contribution in [1.29, 1.82) is 0 Å². The molecule has 4 aromatic rings. The Kier molecular flexibility index (Phi) is 6.39. The number of nitrogens with zero attached hydrogens (tertiary/aromatic N) is 1. The fraction of sp³-hybridized carbons (Fsp3) is 0.143. The van der Waals surface area contributed by atoms with Crippen LogP contribution in [0.2, 0.25) is 0 Å². The van der Waals surface area contributed by atoms with E-state index in [9.17, 15) is 19.2 Å². The van der Waals surface area contributed by atoms with Crippen molar-refractivity contribution in [2.75, 3.05) is 18.6 Å². The van der Waals surface area contributed by atoms with Gasteiger partial charge in [-0.25, -0.2) is 9.59 Å². The van der Waals surface area contributed by atoms with Gasteiger partial charge in [-0.05, 0) is 67.1 Å². The number of hydrogen-bond acceptors (Lipinski definition) is 7. The Morgan fingerprint density at radius 3 is 2.24 bits per heavy atom. The molecule has 0 aliphatic carbocycles. The van der Waals surface area contributed by atoms with Gasteiger partial charge in [0.05, 0.1) is 41.8 Å². The molecule has 1 aliphatic heterocycles. The maximum absolute atomic E-state index is 13.7. The second-order valence-corrected chi connectivity index (χ2v) is 9.19. The maximum Gasteiger partial charge on any atom is 0.338 e. The number of fused-ring (bicyclic) bond motifs is 2. The van der Waals surface area contributed by atoms with Crippen molar-refractivity contribution in [1.82, 2.24) is 0 Å². The third-order valence-corrected chi connectivity index (χ3v) is 6.63. The number of amides is 1. The van der Waals surface area contributed by atoms with Gasteiger partial charge in [-0.15, -0.1) is 0 Å². The third kappa shape index (κ3) is 4.21. The van der Waals surface area contributed by atoms with E-state index in [1.54, 1.807) is 73.7 Å². The van der Waals surface area contributed by atoms with Crippen LogP contribution < -0.4 is 10.3 Å². The molecular weight excluding hydrogens is 542 g/mol. The number of esters is 2. The predicted molar refractivity (Wildman–Crippen MR) is 139 cm³/mol. The summed E-state index contributed by atoms with van der Waals surface area (Å²) in [6, 6.07) is 17.0. The highest BCUT2D eigenvalue weighted by Crippen LogP contribution is 2.41. The average Bonchev–Trinajstić information content (AvgIpc) is 3.21. The average molecular weight is 562 g/mol. The van der Waals surface area contributed by atoms with Gasteiger partial charge in [0.2, 0.25) is 5.76 Å². The molecule has 186 valence electrons. The minimum absolute atomic E-state index is 0.0589. The van der Waals surface area contributed by atoms with Crippen LogP contribution in [0, 0.1) is 0 Å². The van der Waals surface area contributed by atoms with E-state index in [1.165, 1.54) is 12.0 Å². The molecule has 1 aliphatic rings. The van der Waals surface area contributed by atoms with Gasteiger partial charge in [0.1, 0.15) is 5.58 Å². The number of anilines is 1. The van der Waals surface area contributed by atoms with Crippen molar-refractivity contribution in [2.45, 2.75) is 13.0 Å². The normalized spacial score (nSPS) is 14.5. The lowest BCUT2D eigenvalue weighted by Gasteiger charge is -2.25. The van der Waals surface area contributed by atoms with E-state index in [-0.39, 0.29) is 23.4 Å². The number of halogens is 1. The molecule has 0 spiro atoms. The van der Waals surface area contributed by atoms with Gasteiger partial charge >= 0.3 is 11.9 Å². The highest BCUT2D eigenvalue weighted by atomic mass is 79.9. The molecule has 3 aromatic carbocycles. The molecule has 0 saturated heterocycles. The van der Waals surface area contributed by atoms with Crippen molar-refractivity contribution in [3.05, 3.63) is 109 Å². The zero-order valence-electron chi connectivity index (χ0n) is 19.8. The van der Waals surface area contributed by atoms with Crippen molar-refractivity contribution in [2.24, 2.45) is 0 Å². The fourth-order valence-corrected chi connectivity index (χ4v) is 4.78. The van der Waals surface area contributed by atoms with Crippen LogP contribution in [0.5, 0.6) is 0 Å². The van der Waals surface area contributed by atoms with Crippen LogP contribution in [0.1, 0.15) is 55.4 Å². The first-order valence-corrected chi connectivity index (χ1v) is 12.2. The summed E-state index contributed by atoms with van der Waals surface area (Å²) in [7, 11) is 1.29. The van der Waals surface area contributed by atoms with Gasteiger partial charge < -0.3 is 13.9 Å². The molecule has 0 saturated carbocycles. The van der Waals surface area contributed by atoms with Crippen LogP contribution in [0.25, 0.3) is 11.0 Å². The maximum atomic E-state index is 13.7. The monoisotopic (exact) mass is 561 g/mol. The summed E-state index contributed by atoms with van der Waals surface area (Å²) in [6.45, 7) is 1.95. The first-order valence-electron chi connectivity index (χ1n) is 11.4. The lowest BCUT2D eigenvalue weighted by atomic mass is 9.97. The topological polar surface area (TPSA) is 103 Å². The summed E-state index contributed by atoms with van der Waals surface area (Å²) >= 11 is 3.39. The zero-order chi connectivity index (χ0) is 26.3. The second kappa shape index (κ2) is 9.67. The molecule has 2 heterocycles. The van der Waals surface area contributed by atoms with E-state index in [2.05, 4.69) is 15.9 Å². The Morgan fingerprint density at radius 1 is 0.946 bits per heavy atom. The van der Waals surface area contributed by atoms with Crippen molar-refractivity contribution in [3.63, 3.8) is 0 Å². The molecule has 37 heavy (non-hydrogen) atoms. The quantitative estimate of drug-likeness (QED) is 0.306. The molecular formula is C28H20BrNO7. The minimum atomic E-state index is -0.831. The summed E-state index contributed by atoms with van der Waals surface area (Å²) in [4.78, 5) is 53.0. The Bertz CT molecular complexity index is 1610. The smallest absolute Gasteiger partial charge is 0.338 e. The van der Waals surface area contributed by atoms with Crippen molar-refractivity contribution < 1.29 is 28.3 Å². The number of methoxy groups -OCH3 is 1. The highest BCUT2D eigenvalue weighted by molar-refractivity contribution is 9.10. The number of hydrogen-bond donors (Lipinski definition) is 0. The molecule has 0 fully saturated rings. The van der Waals surface area contributed by atoms with Gasteiger partial charge in [-0.2, -0.15) is 0 Å². The lowest BCUT2D eigenvalue weighted by Crippen LogP contribution is -2.29. The highest BCUT2D eigenvalue weighted by Gasteiger charge is 2.43. The molecule has 5 rings (SSSR count). The Morgan fingerprint density at radius 2 is 1.59 bits per heavy atom. The lowest BCUT2D eigenvalue weighted by molar-refractivity contribution is 0.0525. The van der Waals surface area contributed by atoms with Gasteiger partial charge in [0.25, 0.3) is 5.91 Å². The van der Waals surface area contributed by atoms with E-state index >= 15 is 0 Å². The predicted octanol–water partition coefficient (Wildman–Crippen LogP) is 5.27. The van der Waals surface area contributed by atoms with E-state index in [0.717, 1.165) is 0 Å². The summed E-state index contributed by atoms with van der Waals surface area (Å²) in [5, 5.41) is 0.330. The molecule has 1 amide bonds. The Hall–Kier alpha value is -4.24. The first kappa shape index (κ1) is 24.5. The van der Waals surface area contributed by atoms with Crippen LogP contribution in [0.3, 0.4) is 0 Å². The molecule has 9 heteroatoms. The van der Waals surface area contributed by atoms with Crippen LogP contribution in [0.15, 0.2) is 80.4 Å². The zero-order valence-corrected chi connectivity index (χ0v) is 21.4. The Balaban J connectivity index is 1.69. The molecule has 0 bridgehead atoms. The third-order valence-electron chi connectivity index (χ3n) is 6.14.